The molecule has 4 heteroatoms. The second-order valence-electron chi connectivity index (χ2n) is 1.71. The molecule has 0 aromatic carbocycles. The van der Waals surface area contributed by atoms with Crippen LogP contribution < -0.4 is 5.11 Å². The molecule has 1 rings (SSSR count). The highest BCUT2D eigenvalue weighted by Gasteiger charge is 1.92. The fourth-order valence-electron chi connectivity index (χ4n) is 0.550. The van der Waals surface area contributed by atoms with E-state index in [4.69, 9.17) is 0 Å². The summed E-state index contributed by atoms with van der Waals surface area (Å²) >= 11 is 0. The van der Waals surface area contributed by atoms with Crippen LogP contribution in [0.1, 0.15) is 5.82 Å². The average molecular weight is 137 g/mol. The fourth-order valence-corrected chi connectivity index (χ4v) is 0.550. The van der Waals surface area contributed by atoms with Crippen LogP contribution in [0.3, 0.4) is 0 Å². The molecule has 0 bridgehead atoms. The minimum atomic E-state index is -1.16. The van der Waals surface area contributed by atoms with Crippen LogP contribution in [0.15, 0.2) is 18.5 Å². The maximum atomic E-state index is 9.98. The summed E-state index contributed by atoms with van der Waals surface area (Å²) in [5, 5.41) is 9.98. The number of carboxylic acid groups (broad SMARTS) is 1. The Morgan fingerprint density at radius 2 is 2.10 bits per heavy atom. The molecule has 4 nitrogen and oxygen atoms in total. The summed E-state index contributed by atoms with van der Waals surface area (Å²) in [6.07, 6.45) is 2.76. The second kappa shape index (κ2) is 2.91. The standard InChI is InChI=1S/C6H6N2O2/c9-6(10)4-5-7-2-1-3-8-5/h1-3H,4H2,(H,9,10)/p-1. The highest BCUT2D eigenvalue weighted by atomic mass is 16.4. The molecule has 0 radical (unpaired) electrons. The van der Waals surface area contributed by atoms with Gasteiger partial charge in [-0.2, -0.15) is 0 Å². The van der Waals surface area contributed by atoms with Crippen LogP contribution >= 0.6 is 0 Å². The molecule has 0 amide bonds. The lowest BCUT2D eigenvalue weighted by atomic mass is 10.4. The van der Waals surface area contributed by atoms with Gasteiger partial charge in [0.15, 0.2) is 0 Å². The van der Waals surface area contributed by atoms with Crippen LogP contribution in [-0.2, 0) is 11.2 Å². The van der Waals surface area contributed by atoms with E-state index >= 15 is 0 Å². The molecule has 0 aliphatic carbocycles. The van der Waals surface area contributed by atoms with Gasteiger partial charge in [0.2, 0.25) is 0 Å². The number of carbonyl (C=O) groups is 1. The molecule has 10 heavy (non-hydrogen) atoms. The van der Waals surface area contributed by atoms with Crippen LogP contribution in [0, 0.1) is 0 Å². The molecule has 0 N–H and O–H groups in total. The van der Waals surface area contributed by atoms with Gasteiger partial charge < -0.3 is 9.90 Å². The first-order valence-corrected chi connectivity index (χ1v) is 2.75. The zero-order valence-electron chi connectivity index (χ0n) is 5.15. The first kappa shape index (κ1) is 6.67. The summed E-state index contributed by atoms with van der Waals surface area (Å²) in [5.41, 5.74) is 0. The summed E-state index contributed by atoms with van der Waals surface area (Å²) in [6.45, 7) is 0. The molecule has 1 aromatic heterocycles. The van der Waals surface area contributed by atoms with E-state index < -0.39 is 5.97 Å². The minimum absolute atomic E-state index is 0.221. The molecule has 0 saturated carbocycles. The third-order valence-corrected chi connectivity index (χ3v) is 0.922. The van der Waals surface area contributed by atoms with Crippen molar-refractivity contribution in [3.63, 3.8) is 0 Å². The summed E-state index contributed by atoms with van der Waals surface area (Å²) in [4.78, 5) is 17.4. The smallest absolute Gasteiger partial charge is 0.133 e. The number of carbonyl (C=O) groups excluding carboxylic acids is 1. The van der Waals surface area contributed by atoms with Crippen molar-refractivity contribution in [3.8, 4) is 0 Å². The third kappa shape index (κ3) is 1.81. The van der Waals surface area contributed by atoms with Crippen molar-refractivity contribution in [3.05, 3.63) is 24.3 Å². The number of hydrogen-bond donors (Lipinski definition) is 0. The van der Waals surface area contributed by atoms with E-state index in [2.05, 4.69) is 9.97 Å². The molecule has 0 atom stereocenters. The molecular weight excluding hydrogens is 132 g/mol. The van der Waals surface area contributed by atoms with E-state index in [1.165, 1.54) is 12.4 Å². The largest absolute Gasteiger partial charge is 0.550 e. The highest BCUT2D eigenvalue weighted by Crippen LogP contribution is 1.86. The fraction of sp³-hybridized carbons (Fsp3) is 0.167. The molecular formula is C6H5N2O2-. The molecule has 0 fully saturated rings. The molecule has 0 spiro atoms. The quantitative estimate of drug-likeness (QED) is 0.511. The predicted octanol–water partition coefficient (Wildman–Crippen LogP) is -1.23. The molecule has 1 heterocycles. The Morgan fingerprint density at radius 3 is 2.60 bits per heavy atom. The van der Waals surface area contributed by atoms with Gasteiger partial charge in [0, 0.05) is 24.8 Å². The van der Waals surface area contributed by atoms with E-state index in [9.17, 15) is 9.90 Å². The zero-order chi connectivity index (χ0) is 7.40. The number of nitrogens with zero attached hydrogens (tertiary/aromatic N) is 2. The van der Waals surface area contributed by atoms with Crippen molar-refractivity contribution < 1.29 is 9.90 Å². The van der Waals surface area contributed by atoms with Crippen molar-refractivity contribution in [2.75, 3.05) is 0 Å². The van der Waals surface area contributed by atoms with Crippen molar-refractivity contribution in [1.29, 1.82) is 0 Å². The molecule has 0 saturated heterocycles. The number of aliphatic carboxylic acids is 1. The summed E-state index contributed by atoms with van der Waals surface area (Å²) in [7, 11) is 0. The SMILES string of the molecule is O=C([O-])Cc1ncccn1. The minimum Gasteiger partial charge on any atom is -0.550 e. The Labute approximate surface area is 57.6 Å². The van der Waals surface area contributed by atoms with E-state index in [0.717, 1.165) is 0 Å². The van der Waals surface area contributed by atoms with Gasteiger partial charge in [-0.3, -0.25) is 0 Å². The van der Waals surface area contributed by atoms with Gasteiger partial charge in [0.1, 0.15) is 5.82 Å². The lowest BCUT2D eigenvalue weighted by Crippen LogP contribution is -2.25. The Bertz CT molecular complexity index is 222. The first-order chi connectivity index (χ1) is 4.79. The Balaban J connectivity index is 2.67. The Hall–Kier alpha value is -1.45. The van der Waals surface area contributed by atoms with Gasteiger partial charge in [-0.05, 0) is 6.07 Å². The zero-order valence-corrected chi connectivity index (χ0v) is 5.15. The van der Waals surface area contributed by atoms with Crippen molar-refractivity contribution in [2.24, 2.45) is 0 Å². The van der Waals surface area contributed by atoms with Gasteiger partial charge in [-0.15, -0.1) is 0 Å². The Morgan fingerprint density at radius 1 is 1.50 bits per heavy atom. The van der Waals surface area contributed by atoms with Crippen LogP contribution in [0.5, 0.6) is 0 Å². The highest BCUT2D eigenvalue weighted by molar-refractivity contribution is 5.66. The van der Waals surface area contributed by atoms with Crippen molar-refractivity contribution in [2.45, 2.75) is 6.42 Å². The van der Waals surface area contributed by atoms with E-state index in [0.29, 0.717) is 0 Å². The average Bonchev–Trinajstić information content (AvgIpc) is 1.88. The van der Waals surface area contributed by atoms with Gasteiger partial charge in [0.05, 0.1) is 0 Å². The third-order valence-electron chi connectivity index (χ3n) is 0.922. The van der Waals surface area contributed by atoms with Crippen molar-refractivity contribution >= 4 is 5.97 Å². The van der Waals surface area contributed by atoms with Crippen LogP contribution in [0.2, 0.25) is 0 Å². The molecule has 0 aliphatic heterocycles. The maximum absolute atomic E-state index is 9.98. The van der Waals surface area contributed by atoms with Crippen LogP contribution in [0.25, 0.3) is 0 Å². The predicted molar refractivity (Wildman–Crippen MR) is 30.7 cm³/mol. The second-order valence-corrected chi connectivity index (χ2v) is 1.71. The number of aromatic nitrogens is 2. The summed E-state index contributed by atoms with van der Waals surface area (Å²) < 4.78 is 0. The van der Waals surface area contributed by atoms with Crippen molar-refractivity contribution in [1.82, 2.24) is 9.97 Å². The lowest BCUT2D eigenvalue weighted by molar-refractivity contribution is -0.304. The number of hydrogen-bond acceptors (Lipinski definition) is 4. The number of carboxylic acids is 1. The van der Waals surface area contributed by atoms with E-state index in [1.54, 1.807) is 6.07 Å². The lowest BCUT2D eigenvalue weighted by Gasteiger charge is -1.97. The van der Waals surface area contributed by atoms with E-state index in [-0.39, 0.29) is 12.2 Å². The molecule has 52 valence electrons. The van der Waals surface area contributed by atoms with E-state index in [1.807, 2.05) is 0 Å². The van der Waals surface area contributed by atoms with Gasteiger partial charge in [0.25, 0.3) is 0 Å². The summed E-state index contributed by atoms with van der Waals surface area (Å²) in [5.74, 6) is -0.881. The first-order valence-electron chi connectivity index (χ1n) is 2.75. The van der Waals surface area contributed by atoms with Gasteiger partial charge in [-0.25, -0.2) is 9.97 Å². The van der Waals surface area contributed by atoms with Crippen LogP contribution in [-0.4, -0.2) is 15.9 Å². The summed E-state index contributed by atoms with van der Waals surface area (Å²) in [6, 6.07) is 1.62. The van der Waals surface area contributed by atoms with Crippen LogP contribution in [0.4, 0.5) is 0 Å². The monoisotopic (exact) mass is 137 g/mol. The normalized spacial score (nSPS) is 9.20. The Kier molecular flexibility index (Phi) is 1.94. The number of rotatable bonds is 2. The van der Waals surface area contributed by atoms with Gasteiger partial charge in [-0.1, -0.05) is 0 Å². The molecule has 0 unspecified atom stereocenters. The topological polar surface area (TPSA) is 65.9 Å². The molecule has 1 aromatic rings. The maximum Gasteiger partial charge on any atom is 0.133 e. The van der Waals surface area contributed by atoms with Gasteiger partial charge >= 0.3 is 0 Å². The molecule has 0 aliphatic rings.